The highest BCUT2D eigenvalue weighted by Crippen LogP contribution is 2.19. The Morgan fingerprint density at radius 3 is 1.21 bits per heavy atom. The normalized spacial score (nSPS) is 7.26. The molecule has 0 spiro atoms. The van der Waals surface area contributed by atoms with Gasteiger partial charge in [0, 0.05) is 0 Å². The van der Waals surface area contributed by atoms with E-state index in [0.29, 0.717) is 0 Å². The van der Waals surface area contributed by atoms with Crippen molar-refractivity contribution in [1.29, 1.82) is 10.5 Å². The van der Waals surface area contributed by atoms with E-state index in [0.717, 1.165) is 24.0 Å². The Morgan fingerprint density at radius 1 is 0.684 bits per heavy atom. The van der Waals surface area contributed by atoms with Gasteiger partial charge in [-0.3, -0.25) is 0 Å². The van der Waals surface area contributed by atoms with Crippen LogP contribution in [0.4, 0.5) is 0 Å². The van der Waals surface area contributed by atoms with Crippen LogP contribution in [0.1, 0.15) is 0 Å². The van der Waals surface area contributed by atoms with Crippen LogP contribution in [0, 0.1) is 23.0 Å². The quantitative estimate of drug-likeness (QED) is 0.804. The van der Waals surface area contributed by atoms with Crippen LogP contribution in [0.15, 0.2) is 60.7 Å². The molecule has 2 aromatic carbocycles. The van der Waals surface area contributed by atoms with Crippen molar-refractivity contribution >= 4 is 0 Å². The van der Waals surface area contributed by atoms with Crippen LogP contribution in [-0.4, -0.2) is 10.2 Å². The van der Waals surface area contributed by atoms with Gasteiger partial charge in [0.05, 0.1) is 0 Å². The molecule has 0 radical (unpaired) electrons. The molecule has 0 atom stereocenters. The summed E-state index contributed by atoms with van der Waals surface area (Å²) in [5, 5.41) is 27.5. The molecule has 96 valence electrons. The first kappa shape index (κ1) is 15.8. The fourth-order valence-electron chi connectivity index (χ4n) is 1.11. The minimum absolute atomic E-state index is 0.750. The second-order valence-electron chi connectivity index (χ2n) is 2.93. The van der Waals surface area contributed by atoms with Gasteiger partial charge in [-0.2, -0.15) is 10.5 Å². The Morgan fingerprint density at radius 2 is 0.947 bits per heavy atom. The van der Waals surface area contributed by atoms with E-state index in [2.05, 4.69) is 0 Å². The monoisotopic (exact) mass is 256 g/mol. The maximum Gasteiger partial charge on any atom is 0.283 e. The first-order chi connectivity index (χ1) is 9.28. The topological polar surface area (TPSA) is 97.3 Å². The maximum absolute atomic E-state index is 6.88. The average molecular weight is 256 g/mol. The molecule has 19 heavy (non-hydrogen) atoms. The lowest BCUT2D eigenvalue weighted by Crippen LogP contribution is -1.81. The third-order valence-electron chi connectivity index (χ3n) is 1.72. The van der Waals surface area contributed by atoms with Crippen molar-refractivity contribution in [3.8, 4) is 24.0 Å². The summed E-state index contributed by atoms with van der Waals surface area (Å²) in [6, 6.07) is 19.5. The van der Waals surface area contributed by atoms with E-state index in [-0.39, 0.29) is 0 Å². The van der Waals surface area contributed by atoms with Gasteiger partial charge < -0.3 is 14.9 Å². The number of nitriles is 2. The molecule has 0 aliphatic carbocycles. The first-order valence-electron chi connectivity index (χ1n) is 5.12. The van der Waals surface area contributed by atoms with Crippen LogP contribution in [0.2, 0.25) is 0 Å². The van der Waals surface area contributed by atoms with E-state index in [1.807, 2.05) is 60.7 Å². The molecule has 0 aliphatic heterocycles. The Labute approximate surface area is 111 Å². The molecule has 2 N–H and O–H groups in total. The Hall–Kier alpha value is -3.18. The van der Waals surface area contributed by atoms with Crippen molar-refractivity contribution in [3.63, 3.8) is 0 Å². The van der Waals surface area contributed by atoms with Gasteiger partial charge in [0.1, 0.15) is 11.5 Å². The molecule has 0 fully saturated rings. The number of aliphatic hydroxyl groups is 2. The SMILES string of the molecule is N#CO.N#CO.c1ccc(Oc2ccccc2)cc1. The van der Waals surface area contributed by atoms with Crippen molar-refractivity contribution in [1.82, 2.24) is 0 Å². The van der Waals surface area contributed by atoms with E-state index in [1.165, 1.54) is 0 Å². The van der Waals surface area contributed by atoms with Gasteiger partial charge in [-0.1, -0.05) is 36.4 Å². The molecule has 2 rings (SSSR count). The molecule has 0 amide bonds. The Balaban J connectivity index is 0.000000465. The molecule has 5 heteroatoms. The molecule has 0 saturated carbocycles. The van der Waals surface area contributed by atoms with E-state index >= 15 is 0 Å². The second-order valence-corrected chi connectivity index (χ2v) is 2.93. The second kappa shape index (κ2) is 11.3. The molecule has 0 aliphatic rings. The molecule has 0 unspecified atom stereocenters. The lowest BCUT2D eigenvalue weighted by atomic mass is 10.3. The third kappa shape index (κ3) is 8.61. The third-order valence-corrected chi connectivity index (χ3v) is 1.72. The number of aliphatic hydroxyl groups excluding tert-OH is 2. The van der Waals surface area contributed by atoms with Gasteiger partial charge in [0.15, 0.2) is 0 Å². The van der Waals surface area contributed by atoms with Crippen LogP contribution < -0.4 is 4.74 Å². The predicted octanol–water partition coefficient (Wildman–Crippen LogP) is 3.16. The van der Waals surface area contributed by atoms with Crippen LogP contribution in [-0.2, 0) is 0 Å². The predicted molar refractivity (Wildman–Crippen MR) is 68.1 cm³/mol. The highest BCUT2D eigenvalue weighted by atomic mass is 16.5. The van der Waals surface area contributed by atoms with Gasteiger partial charge in [0.2, 0.25) is 0 Å². The zero-order valence-corrected chi connectivity index (χ0v) is 9.97. The highest BCUT2D eigenvalue weighted by molar-refractivity contribution is 5.30. The number of hydrogen-bond acceptors (Lipinski definition) is 5. The van der Waals surface area contributed by atoms with Crippen LogP contribution in [0.25, 0.3) is 0 Å². The number of ether oxygens (including phenoxy) is 1. The van der Waals surface area contributed by atoms with E-state index < -0.39 is 0 Å². The summed E-state index contributed by atoms with van der Waals surface area (Å²) < 4.78 is 5.58. The fourth-order valence-corrected chi connectivity index (χ4v) is 1.11. The molecule has 0 saturated heterocycles. The lowest BCUT2D eigenvalue weighted by Gasteiger charge is -2.03. The molecular weight excluding hydrogens is 244 g/mol. The molecule has 0 heterocycles. The first-order valence-corrected chi connectivity index (χ1v) is 5.12. The molecule has 0 aromatic heterocycles. The number of benzene rings is 2. The minimum atomic E-state index is 0.750. The van der Waals surface area contributed by atoms with Crippen LogP contribution in [0.5, 0.6) is 11.5 Å². The summed E-state index contributed by atoms with van der Waals surface area (Å²) in [7, 11) is 0. The summed E-state index contributed by atoms with van der Waals surface area (Å²) in [5.41, 5.74) is 0. The zero-order valence-electron chi connectivity index (χ0n) is 9.97. The number of hydrogen-bond donors (Lipinski definition) is 2. The number of nitrogens with zero attached hydrogens (tertiary/aromatic N) is 2. The fraction of sp³-hybridized carbons (Fsp3) is 0. The Bertz CT molecular complexity index is 466. The molecule has 0 bridgehead atoms. The van der Waals surface area contributed by atoms with Crippen LogP contribution >= 0.6 is 0 Å². The lowest BCUT2D eigenvalue weighted by molar-refractivity contribution is 0.482. The molecule has 2 aromatic rings. The summed E-state index contributed by atoms with van der Waals surface area (Å²) in [4.78, 5) is 0. The number of para-hydroxylation sites is 2. The van der Waals surface area contributed by atoms with Gasteiger partial charge in [-0.05, 0) is 24.3 Å². The van der Waals surface area contributed by atoms with Crippen molar-refractivity contribution in [3.05, 3.63) is 60.7 Å². The van der Waals surface area contributed by atoms with Gasteiger partial charge >= 0.3 is 0 Å². The maximum atomic E-state index is 6.88. The highest BCUT2D eigenvalue weighted by Gasteiger charge is 1.92. The molecule has 5 nitrogen and oxygen atoms in total. The van der Waals surface area contributed by atoms with Crippen molar-refractivity contribution in [2.75, 3.05) is 0 Å². The van der Waals surface area contributed by atoms with Crippen molar-refractivity contribution < 1.29 is 14.9 Å². The van der Waals surface area contributed by atoms with Crippen molar-refractivity contribution in [2.24, 2.45) is 0 Å². The van der Waals surface area contributed by atoms with E-state index in [4.69, 9.17) is 25.5 Å². The van der Waals surface area contributed by atoms with E-state index in [9.17, 15) is 0 Å². The zero-order chi connectivity index (χ0) is 14.3. The summed E-state index contributed by atoms with van der Waals surface area (Å²) in [6.45, 7) is 0. The number of rotatable bonds is 2. The average Bonchev–Trinajstić information content (AvgIpc) is 2.43. The van der Waals surface area contributed by atoms with Crippen LogP contribution in [0.3, 0.4) is 0 Å². The Kier molecular flexibility index (Phi) is 9.42. The van der Waals surface area contributed by atoms with Crippen molar-refractivity contribution in [2.45, 2.75) is 0 Å². The summed E-state index contributed by atoms with van der Waals surface area (Å²) >= 11 is 0. The minimum Gasteiger partial charge on any atom is -0.457 e. The standard InChI is InChI=1S/C12H10O.2CHNO/c1-3-7-11(8-4-1)13-12-9-5-2-6-10-12;2*2-1-3/h1-10H;2*3H. The summed E-state index contributed by atoms with van der Waals surface area (Å²) in [6.07, 6.45) is 1.50. The smallest absolute Gasteiger partial charge is 0.283 e. The van der Waals surface area contributed by atoms with E-state index in [1.54, 1.807) is 0 Å². The van der Waals surface area contributed by atoms with Gasteiger partial charge in [-0.15, -0.1) is 0 Å². The summed E-state index contributed by atoms with van der Waals surface area (Å²) in [5.74, 6) is 1.74. The largest absolute Gasteiger partial charge is 0.457 e. The van der Waals surface area contributed by atoms with Gasteiger partial charge in [-0.25, -0.2) is 0 Å². The van der Waals surface area contributed by atoms with Gasteiger partial charge in [0.25, 0.3) is 12.5 Å². The molecular formula is C14H12N2O3.